The third kappa shape index (κ3) is 7.77. The Morgan fingerprint density at radius 2 is 1.76 bits per heavy atom. The van der Waals surface area contributed by atoms with Crippen molar-refractivity contribution in [2.24, 2.45) is 5.41 Å². The summed E-state index contributed by atoms with van der Waals surface area (Å²) in [4.78, 5) is 22.7. The summed E-state index contributed by atoms with van der Waals surface area (Å²) in [5.41, 5.74) is -0.123. The van der Waals surface area contributed by atoms with E-state index in [1.165, 1.54) is 0 Å². The molecule has 0 spiro atoms. The Kier molecular flexibility index (Phi) is 6.85. The highest BCUT2D eigenvalue weighted by atomic mass is 16.6. The fourth-order valence-electron chi connectivity index (χ4n) is 0.915. The zero-order valence-corrected chi connectivity index (χ0v) is 11.5. The minimum atomic E-state index is -0.520. The summed E-state index contributed by atoms with van der Waals surface area (Å²) in [5, 5.41) is 0. The Labute approximate surface area is 104 Å². The molecule has 0 bridgehead atoms. The Hall–Kier alpha value is -1.06. The molecule has 0 aliphatic heterocycles. The van der Waals surface area contributed by atoms with Crippen LogP contribution in [0.3, 0.4) is 0 Å². The standard InChI is InChI=1S/C13H24O4/c1-6-7-8-16-11(14)9-12(15)17-10(2)13(3,4)5/h10H,6-9H2,1-5H3. The van der Waals surface area contributed by atoms with Crippen molar-refractivity contribution in [2.45, 2.75) is 60.0 Å². The molecule has 100 valence electrons. The van der Waals surface area contributed by atoms with Crippen molar-refractivity contribution < 1.29 is 19.1 Å². The topological polar surface area (TPSA) is 52.6 Å². The van der Waals surface area contributed by atoms with Gasteiger partial charge in [0.05, 0.1) is 6.61 Å². The molecule has 0 amide bonds. The Morgan fingerprint density at radius 3 is 2.24 bits per heavy atom. The summed E-state index contributed by atoms with van der Waals surface area (Å²) in [6, 6.07) is 0. The quantitative estimate of drug-likeness (QED) is 0.409. The first kappa shape index (κ1) is 15.9. The lowest BCUT2D eigenvalue weighted by atomic mass is 9.90. The molecule has 0 saturated heterocycles. The van der Waals surface area contributed by atoms with E-state index in [1.807, 2.05) is 34.6 Å². The maximum absolute atomic E-state index is 11.4. The van der Waals surface area contributed by atoms with Crippen LogP contribution in [0.4, 0.5) is 0 Å². The van der Waals surface area contributed by atoms with Gasteiger partial charge in [-0.25, -0.2) is 0 Å². The highest BCUT2D eigenvalue weighted by molar-refractivity contribution is 5.91. The number of unbranched alkanes of at least 4 members (excludes halogenated alkanes) is 1. The molecule has 4 nitrogen and oxygen atoms in total. The zero-order valence-electron chi connectivity index (χ0n) is 11.5. The minimum absolute atomic E-state index is 0.123. The van der Waals surface area contributed by atoms with E-state index in [1.54, 1.807) is 0 Å². The summed E-state index contributed by atoms with van der Waals surface area (Å²) >= 11 is 0. The van der Waals surface area contributed by atoms with Crippen LogP contribution in [-0.2, 0) is 19.1 Å². The van der Waals surface area contributed by atoms with Gasteiger partial charge in [0.25, 0.3) is 0 Å². The molecule has 0 saturated carbocycles. The molecule has 0 aromatic carbocycles. The highest BCUT2D eigenvalue weighted by Gasteiger charge is 2.24. The van der Waals surface area contributed by atoms with Gasteiger partial charge >= 0.3 is 11.9 Å². The van der Waals surface area contributed by atoms with E-state index >= 15 is 0 Å². The van der Waals surface area contributed by atoms with Crippen molar-refractivity contribution in [3.05, 3.63) is 0 Å². The Morgan fingerprint density at radius 1 is 1.18 bits per heavy atom. The monoisotopic (exact) mass is 244 g/mol. The SMILES string of the molecule is CCCCOC(=O)CC(=O)OC(C)C(C)(C)C. The highest BCUT2D eigenvalue weighted by Crippen LogP contribution is 2.21. The molecule has 0 aliphatic carbocycles. The second-order valence-electron chi connectivity index (χ2n) is 5.25. The van der Waals surface area contributed by atoms with E-state index in [4.69, 9.17) is 9.47 Å². The summed E-state index contributed by atoms with van der Waals surface area (Å²) in [6.45, 7) is 10.1. The van der Waals surface area contributed by atoms with Crippen LogP contribution >= 0.6 is 0 Å². The summed E-state index contributed by atoms with van der Waals surface area (Å²) in [5.74, 6) is -1.03. The smallest absolute Gasteiger partial charge is 0.317 e. The molecule has 0 aromatic rings. The van der Waals surface area contributed by atoms with E-state index in [0.717, 1.165) is 12.8 Å². The maximum atomic E-state index is 11.4. The molecular formula is C13H24O4. The summed E-state index contributed by atoms with van der Waals surface area (Å²) in [6.07, 6.45) is 1.25. The lowest BCUT2D eigenvalue weighted by Gasteiger charge is -2.26. The van der Waals surface area contributed by atoms with Crippen LogP contribution < -0.4 is 0 Å². The first-order chi connectivity index (χ1) is 7.77. The number of ether oxygens (including phenoxy) is 2. The summed E-state index contributed by atoms with van der Waals surface area (Å²) in [7, 11) is 0. The second kappa shape index (κ2) is 7.30. The van der Waals surface area contributed by atoms with Gasteiger partial charge in [0.15, 0.2) is 0 Å². The van der Waals surface area contributed by atoms with Crippen molar-refractivity contribution in [2.75, 3.05) is 6.61 Å². The van der Waals surface area contributed by atoms with Crippen LogP contribution in [0.15, 0.2) is 0 Å². The largest absolute Gasteiger partial charge is 0.465 e. The average molecular weight is 244 g/mol. The van der Waals surface area contributed by atoms with Crippen LogP contribution in [0.25, 0.3) is 0 Å². The zero-order chi connectivity index (χ0) is 13.5. The van der Waals surface area contributed by atoms with Gasteiger partial charge in [0.1, 0.15) is 12.5 Å². The fourth-order valence-corrected chi connectivity index (χ4v) is 0.915. The number of carbonyl (C=O) groups is 2. The van der Waals surface area contributed by atoms with Crippen LogP contribution in [0, 0.1) is 5.41 Å². The molecule has 0 N–H and O–H groups in total. The summed E-state index contributed by atoms with van der Waals surface area (Å²) < 4.78 is 10.0. The second-order valence-corrected chi connectivity index (χ2v) is 5.25. The first-order valence-electron chi connectivity index (χ1n) is 6.12. The lowest BCUT2D eigenvalue weighted by molar-refractivity contribution is -0.160. The van der Waals surface area contributed by atoms with E-state index in [-0.39, 0.29) is 17.9 Å². The van der Waals surface area contributed by atoms with Crippen LogP contribution in [0.2, 0.25) is 0 Å². The molecule has 0 radical (unpaired) electrons. The Bertz CT molecular complexity index is 253. The van der Waals surface area contributed by atoms with Crippen molar-refractivity contribution in [3.63, 3.8) is 0 Å². The molecule has 0 aromatic heterocycles. The van der Waals surface area contributed by atoms with Crippen LogP contribution in [0.1, 0.15) is 53.9 Å². The van der Waals surface area contributed by atoms with E-state index < -0.39 is 11.9 Å². The third-order valence-electron chi connectivity index (χ3n) is 2.58. The molecule has 4 heteroatoms. The number of rotatable bonds is 6. The van der Waals surface area contributed by atoms with Gasteiger partial charge in [0.2, 0.25) is 0 Å². The normalized spacial score (nSPS) is 13.0. The van der Waals surface area contributed by atoms with Gasteiger partial charge in [-0.15, -0.1) is 0 Å². The minimum Gasteiger partial charge on any atom is -0.465 e. The van der Waals surface area contributed by atoms with Crippen LogP contribution in [-0.4, -0.2) is 24.6 Å². The molecule has 0 aliphatic rings. The van der Waals surface area contributed by atoms with Gasteiger partial charge in [-0.05, 0) is 18.8 Å². The number of hydrogen-bond donors (Lipinski definition) is 0. The molecule has 0 rings (SSSR count). The lowest BCUT2D eigenvalue weighted by Crippen LogP contribution is -2.29. The van der Waals surface area contributed by atoms with Crippen molar-refractivity contribution in [3.8, 4) is 0 Å². The predicted molar refractivity (Wildman–Crippen MR) is 65.5 cm³/mol. The maximum Gasteiger partial charge on any atom is 0.317 e. The molecule has 17 heavy (non-hydrogen) atoms. The number of carbonyl (C=O) groups excluding carboxylic acids is 2. The van der Waals surface area contributed by atoms with Crippen molar-refractivity contribution in [1.29, 1.82) is 0 Å². The van der Waals surface area contributed by atoms with E-state index in [2.05, 4.69) is 0 Å². The molecule has 0 fully saturated rings. The van der Waals surface area contributed by atoms with Gasteiger partial charge in [0, 0.05) is 0 Å². The number of esters is 2. The van der Waals surface area contributed by atoms with Crippen molar-refractivity contribution in [1.82, 2.24) is 0 Å². The molecular weight excluding hydrogens is 220 g/mol. The fraction of sp³-hybridized carbons (Fsp3) is 0.846. The van der Waals surface area contributed by atoms with Gasteiger partial charge in [-0.2, -0.15) is 0 Å². The first-order valence-corrected chi connectivity index (χ1v) is 6.12. The van der Waals surface area contributed by atoms with E-state index in [9.17, 15) is 9.59 Å². The van der Waals surface area contributed by atoms with Crippen LogP contribution in [0.5, 0.6) is 0 Å². The molecule has 1 atom stereocenters. The Balaban J connectivity index is 3.90. The molecule has 0 heterocycles. The predicted octanol–water partition coefficient (Wildman–Crippen LogP) is 2.70. The third-order valence-corrected chi connectivity index (χ3v) is 2.58. The average Bonchev–Trinajstić information content (AvgIpc) is 2.16. The van der Waals surface area contributed by atoms with Gasteiger partial charge in [-0.3, -0.25) is 9.59 Å². The van der Waals surface area contributed by atoms with Gasteiger partial charge in [-0.1, -0.05) is 34.1 Å². The van der Waals surface area contributed by atoms with Gasteiger partial charge < -0.3 is 9.47 Å². The van der Waals surface area contributed by atoms with Crippen molar-refractivity contribution >= 4 is 11.9 Å². The molecule has 1 unspecified atom stereocenters. The number of hydrogen-bond acceptors (Lipinski definition) is 4. The van der Waals surface area contributed by atoms with E-state index in [0.29, 0.717) is 6.61 Å².